The first-order valence-electron chi connectivity index (χ1n) is 3.72. The second kappa shape index (κ2) is 6.13. The summed E-state index contributed by atoms with van der Waals surface area (Å²) >= 11 is 0. The van der Waals surface area contributed by atoms with Gasteiger partial charge in [0.05, 0.1) is 4.92 Å². The lowest BCUT2D eigenvalue weighted by molar-refractivity contribution is -0.385. The van der Waals surface area contributed by atoms with Gasteiger partial charge in [0.15, 0.2) is 0 Å². The van der Waals surface area contributed by atoms with E-state index in [1.165, 1.54) is 18.2 Å². The summed E-state index contributed by atoms with van der Waals surface area (Å²) in [6.07, 6.45) is 0. The van der Waals surface area contributed by atoms with Crippen LogP contribution in [0, 0.1) is 17.0 Å². The van der Waals surface area contributed by atoms with Crippen LogP contribution in [-0.4, -0.2) is 32.6 Å². The minimum atomic E-state index is -0.477. The van der Waals surface area contributed by atoms with Crippen LogP contribution in [0.4, 0.5) is 5.69 Å². The van der Waals surface area contributed by atoms with E-state index in [4.69, 9.17) is 5.11 Å². The quantitative estimate of drug-likeness (QED) is 0.393. The topological polar surface area (TPSA) is 63.4 Å². The number of nitrogens with zero attached hydrogens (tertiary/aromatic N) is 1. The average Bonchev–Trinajstić information content (AvgIpc) is 2.04. The predicted molar refractivity (Wildman–Crippen MR) is 56.8 cm³/mol. The second-order valence-corrected chi connectivity index (χ2v) is 2.42. The van der Waals surface area contributed by atoms with Crippen LogP contribution in [0.15, 0.2) is 18.2 Å². The third kappa shape index (κ3) is 4.02. The van der Waals surface area contributed by atoms with Crippen LogP contribution in [0.3, 0.4) is 0 Å². The van der Waals surface area contributed by atoms with Crippen LogP contribution < -0.4 is 0 Å². The fraction of sp³-hybridized carbons (Fsp3) is 0.143. The molecule has 0 bridgehead atoms. The molecule has 1 aromatic carbocycles. The van der Waals surface area contributed by atoms with Crippen LogP contribution in [0.2, 0.25) is 0 Å². The Morgan fingerprint density at radius 1 is 1.50 bits per heavy atom. The molecule has 0 spiro atoms. The highest BCUT2D eigenvalue weighted by atomic mass is 16.6. The third-order valence-corrected chi connectivity index (χ3v) is 1.38. The van der Waals surface area contributed by atoms with Crippen LogP contribution in [-0.2, 0) is 0 Å². The summed E-state index contributed by atoms with van der Waals surface area (Å²) in [5.74, 6) is 0.0492. The molecule has 1 N–H and O–H groups in total. The summed E-state index contributed by atoms with van der Waals surface area (Å²) in [4.78, 5) is 9.78. The number of aromatic hydroxyl groups is 1. The van der Waals surface area contributed by atoms with E-state index in [9.17, 15) is 10.1 Å². The van der Waals surface area contributed by atoms with Gasteiger partial charge in [-0.1, -0.05) is 0 Å². The van der Waals surface area contributed by atoms with Crippen molar-refractivity contribution >= 4 is 28.2 Å². The van der Waals surface area contributed by atoms with Crippen molar-refractivity contribution in [3.8, 4) is 5.75 Å². The molecule has 0 unspecified atom stereocenters. The number of hydrogen-bond acceptors (Lipinski definition) is 3. The molecule has 0 aromatic heterocycles. The SMILES string of the molecule is Cc1cc(O)ccc1[N+](=O)[O-].[B][B][B]. The summed E-state index contributed by atoms with van der Waals surface area (Å²) in [5.41, 5.74) is 0.498. The van der Waals surface area contributed by atoms with Gasteiger partial charge in [0, 0.05) is 34.2 Å². The van der Waals surface area contributed by atoms with E-state index in [2.05, 4.69) is 15.5 Å². The summed E-state index contributed by atoms with van der Waals surface area (Å²) < 4.78 is 0. The normalized spacial score (nSPS) is 8.36. The van der Waals surface area contributed by atoms with E-state index in [0.717, 1.165) is 7.06 Å². The van der Waals surface area contributed by atoms with Gasteiger partial charge in [0.2, 0.25) is 0 Å². The summed E-state index contributed by atoms with van der Waals surface area (Å²) in [6.45, 7) is 1.58. The number of nitro groups is 1. The maximum atomic E-state index is 10.3. The molecule has 0 saturated carbocycles. The number of nitro benzene ring substituents is 1. The monoisotopic (exact) mass is 186 g/mol. The first-order valence-corrected chi connectivity index (χ1v) is 3.72. The predicted octanol–water partition coefficient (Wildman–Crippen LogP) is 0.466. The summed E-state index contributed by atoms with van der Waals surface area (Å²) in [6, 6.07) is 3.94. The molecule has 14 heavy (non-hydrogen) atoms. The molecule has 0 aliphatic heterocycles. The molecule has 0 atom stereocenters. The minimum absolute atomic E-state index is 0.0304. The van der Waals surface area contributed by atoms with Crippen LogP contribution in [0.25, 0.3) is 0 Å². The molecular weight excluding hydrogens is 179 g/mol. The Balaban J connectivity index is 0.000000500. The first-order chi connectivity index (χ1) is 6.52. The van der Waals surface area contributed by atoms with Gasteiger partial charge < -0.3 is 5.11 Å². The molecule has 1 aromatic rings. The fourth-order valence-electron chi connectivity index (χ4n) is 0.844. The van der Waals surface area contributed by atoms with Crippen molar-refractivity contribution in [2.45, 2.75) is 6.92 Å². The molecule has 0 heterocycles. The number of hydrogen-bond donors (Lipinski definition) is 1. The first kappa shape index (κ1) is 12.6. The zero-order chi connectivity index (χ0) is 11.1. The molecule has 1 rings (SSSR count). The highest BCUT2D eigenvalue weighted by Crippen LogP contribution is 2.21. The van der Waals surface area contributed by atoms with Gasteiger partial charge in [0.25, 0.3) is 5.69 Å². The van der Waals surface area contributed by atoms with Crippen molar-refractivity contribution < 1.29 is 10.0 Å². The number of aryl methyl sites for hydroxylation is 1. The van der Waals surface area contributed by atoms with Crippen LogP contribution in [0.1, 0.15) is 5.56 Å². The Morgan fingerprint density at radius 2 is 2.00 bits per heavy atom. The Labute approximate surface area is 85.5 Å². The summed E-state index contributed by atoms with van der Waals surface area (Å²) in [5, 5.41) is 19.2. The van der Waals surface area contributed by atoms with Crippen molar-refractivity contribution in [1.29, 1.82) is 0 Å². The Kier molecular flexibility index (Phi) is 5.52. The highest BCUT2D eigenvalue weighted by molar-refractivity contribution is 7.17. The molecule has 0 fully saturated rings. The molecular formula is C7H7B3NO3. The Hall–Kier alpha value is -1.39. The lowest BCUT2D eigenvalue weighted by atomic mass is 9.40. The number of phenols is 1. The van der Waals surface area contributed by atoms with Gasteiger partial charge in [0.1, 0.15) is 5.75 Å². The standard InChI is InChI=1S/C7H7NO3.B3/c1-5-4-6(9)2-3-7(5)8(10)11;1-3-2/h2-4,9H,1H3;. The van der Waals surface area contributed by atoms with E-state index in [-0.39, 0.29) is 11.4 Å². The maximum absolute atomic E-state index is 10.3. The van der Waals surface area contributed by atoms with E-state index in [1.807, 2.05) is 0 Å². The molecule has 5 radical (unpaired) electrons. The molecule has 7 heteroatoms. The molecule has 0 amide bonds. The number of rotatable bonds is 1. The molecule has 0 saturated heterocycles. The third-order valence-electron chi connectivity index (χ3n) is 1.38. The molecule has 4 nitrogen and oxygen atoms in total. The van der Waals surface area contributed by atoms with Gasteiger partial charge in [-0.25, -0.2) is 0 Å². The van der Waals surface area contributed by atoms with E-state index in [1.54, 1.807) is 6.92 Å². The van der Waals surface area contributed by atoms with Crippen molar-refractivity contribution in [1.82, 2.24) is 0 Å². The van der Waals surface area contributed by atoms with Crippen molar-refractivity contribution in [2.24, 2.45) is 0 Å². The molecule has 0 aliphatic carbocycles. The average molecular weight is 186 g/mol. The Morgan fingerprint density at radius 3 is 2.36 bits per heavy atom. The van der Waals surface area contributed by atoms with Gasteiger partial charge in [-0.15, -0.1) is 0 Å². The molecule has 0 aliphatic rings. The fourth-order valence-corrected chi connectivity index (χ4v) is 0.844. The zero-order valence-corrected chi connectivity index (χ0v) is 7.68. The molecule has 67 valence electrons. The van der Waals surface area contributed by atoms with E-state index < -0.39 is 4.92 Å². The zero-order valence-electron chi connectivity index (χ0n) is 7.68. The van der Waals surface area contributed by atoms with Crippen LogP contribution >= 0.6 is 0 Å². The minimum Gasteiger partial charge on any atom is -0.508 e. The van der Waals surface area contributed by atoms with E-state index in [0.29, 0.717) is 5.56 Å². The van der Waals surface area contributed by atoms with Gasteiger partial charge in [-0.3, -0.25) is 10.1 Å². The maximum Gasteiger partial charge on any atom is 0.272 e. The lowest BCUT2D eigenvalue weighted by Crippen LogP contribution is -1.90. The van der Waals surface area contributed by atoms with Crippen molar-refractivity contribution in [3.63, 3.8) is 0 Å². The summed E-state index contributed by atoms with van der Waals surface area (Å²) in [7, 11) is 10.0. The second-order valence-electron chi connectivity index (χ2n) is 2.42. The number of benzene rings is 1. The number of phenolic OH excluding ortho intramolecular Hbond substituents is 1. The van der Waals surface area contributed by atoms with Crippen molar-refractivity contribution in [3.05, 3.63) is 33.9 Å². The van der Waals surface area contributed by atoms with E-state index >= 15 is 0 Å². The van der Waals surface area contributed by atoms with Gasteiger partial charge >= 0.3 is 0 Å². The van der Waals surface area contributed by atoms with Crippen molar-refractivity contribution in [2.75, 3.05) is 0 Å². The van der Waals surface area contributed by atoms with Gasteiger partial charge in [-0.05, 0) is 19.1 Å². The smallest absolute Gasteiger partial charge is 0.272 e. The Bertz CT molecular complexity index is 319. The van der Waals surface area contributed by atoms with Gasteiger partial charge in [-0.2, -0.15) is 0 Å². The van der Waals surface area contributed by atoms with Crippen LogP contribution in [0.5, 0.6) is 5.75 Å². The lowest BCUT2D eigenvalue weighted by Gasteiger charge is -1.95. The largest absolute Gasteiger partial charge is 0.508 e. The highest BCUT2D eigenvalue weighted by Gasteiger charge is 2.08.